The number of rotatable bonds is 2. The smallest absolute Gasteiger partial charge is 1.00 e. The van der Waals surface area contributed by atoms with Gasteiger partial charge in [0.1, 0.15) is 0 Å². The Morgan fingerprint density at radius 2 is 1.33 bits per heavy atom. The van der Waals surface area contributed by atoms with Crippen LogP contribution in [0.4, 0.5) is 0 Å². The van der Waals surface area contributed by atoms with Crippen LogP contribution in [-0.4, -0.2) is 5.11 Å². The predicted molar refractivity (Wildman–Crippen MR) is 76.6 cm³/mol. The van der Waals surface area contributed by atoms with E-state index < -0.39 is 6.10 Å². The summed E-state index contributed by atoms with van der Waals surface area (Å²) in [5.41, 5.74) is 7.93. The fourth-order valence-corrected chi connectivity index (χ4v) is 2.97. The second-order valence-electron chi connectivity index (χ2n) is 5.35. The molecule has 4 heteroatoms. The van der Waals surface area contributed by atoms with Crippen molar-refractivity contribution in [3.63, 3.8) is 0 Å². The van der Waals surface area contributed by atoms with Crippen molar-refractivity contribution in [2.45, 2.75) is 46.6 Å². The molecule has 1 aliphatic carbocycles. The third kappa shape index (κ3) is 4.24. The van der Waals surface area contributed by atoms with Gasteiger partial charge < -0.3 is 29.9 Å². The largest absolute Gasteiger partial charge is 2.00 e. The second kappa shape index (κ2) is 9.17. The van der Waals surface area contributed by atoms with Gasteiger partial charge in [0.05, 0.1) is 6.10 Å². The molecule has 0 fully saturated rings. The molecule has 1 atom stereocenters. The summed E-state index contributed by atoms with van der Waals surface area (Å²) in [5.74, 6) is 0.343. The SMILES string of the molecule is CC1=C(C)C(c2ccccc2C(C)O)C(C)=C1C.[Cl-].[Cl-].[Ti+2]. The number of hydrogen-bond donors (Lipinski definition) is 1. The van der Waals surface area contributed by atoms with Gasteiger partial charge in [-0.2, -0.15) is 0 Å². The number of benzene rings is 1. The van der Waals surface area contributed by atoms with Crippen LogP contribution in [-0.2, 0) is 21.7 Å². The van der Waals surface area contributed by atoms with Gasteiger partial charge in [0, 0.05) is 5.92 Å². The maximum Gasteiger partial charge on any atom is 2.00 e. The third-order valence-corrected chi connectivity index (χ3v) is 4.37. The standard InChI is InChI=1S/C17H22O.2ClH.Ti/c1-10-11(2)13(4)17(12(10)3)16-9-7-6-8-15(16)14(5)18;;;/h6-9,14,17-18H,1-5H3;2*1H;/q;;;+2/p-2. The van der Waals surface area contributed by atoms with Gasteiger partial charge in [-0.25, -0.2) is 0 Å². The molecule has 1 unspecified atom stereocenters. The minimum absolute atomic E-state index is 0. The third-order valence-electron chi connectivity index (χ3n) is 4.37. The van der Waals surface area contributed by atoms with Gasteiger partial charge in [0.25, 0.3) is 0 Å². The summed E-state index contributed by atoms with van der Waals surface area (Å²) in [7, 11) is 0. The van der Waals surface area contributed by atoms with E-state index in [4.69, 9.17) is 0 Å². The molecule has 1 nitrogen and oxygen atoms in total. The van der Waals surface area contributed by atoms with E-state index in [0.29, 0.717) is 5.92 Å². The van der Waals surface area contributed by atoms with Gasteiger partial charge in [-0.3, -0.25) is 0 Å². The monoisotopic (exact) mass is 360 g/mol. The van der Waals surface area contributed by atoms with Crippen LogP contribution in [0.2, 0.25) is 0 Å². The van der Waals surface area contributed by atoms with Crippen LogP contribution in [0.15, 0.2) is 46.6 Å². The molecule has 0 aliphatic heterocycles. The van der Waals surface area contributed by atoms with E-state index in [2.05, 4.69) is 39.8 Å². The predicted octanol–water partition coefficient (Wildman–Crippen LogP) is -1.48. The molecule has 0 radical (unpaired) electrons. The zero-order valence-electron chi connectivity index (χ0n) is 13.2. The molecule has 0 saturated heterocycles. The zero-order valence-corrected chi connectivity index (χ0v) is 16.2. The fourth-order valence-electron chi connectivity index (χ4n) is 2.97. The van der Waals surface area contributed by atoms with Gasteiger partial charge in [-0.05, 0) is 56.9 Å². The van der Waals surface area contributed by atoms with E-state index in [1.54, 1.807) is 0 Å². The first kappa shape index (κ1) is 23.2. The summed E-state index contributed by atoms with van der Waals surface area (Å²) in [5, 5.41) is 9.94. The first-order valence-electron chi connectivity index (χ1n) is 6.57. The molecule has 114 valence electrons. The van der Waals surface area contributed by atoms with Crippen LogP contribution in [0.5, 0.6) is 0 Å². The average Bonchev–Trinajstić information content (AvgIpc) is 2.54. The van der Waals surface area contributed by atoms with E-state index in [1.807, 2.05) is 19.1 Å². The van der Waals surface area contributed by atoms with E-state index in [9.17, 15) is 5.11 Å². The molecular weight excluding hydrogens is 339 g/mol. The Labute approximate surface area is 155 Å². The maximum absolute atomic E-state index is 9.94. The number of allylic oxidation sites excluding steroid dienone is 4. The van der Waals surface area contributed by atoms with Crippen molar-refractivity contribution in [1.29, 1.82) is 0 Å². The second-order valence-corrected chi connectivity index (χ2v) is 5.35. The molecule has 0 saturated carbocycles. The summed E-state index contributed by atoms with van der Waals surface area (Å²) < 4.78 is 0. The number of halogens is 2. The molecule has 1 N–H and O–H groups in total. The number of aliphatic hydroxyl groups is 1. The normalized spacial score (nSPS) is 16.1. The molecule has 0 bridgehead atoms. The van der Waals surface area contributed by atoms with Crippen LogP contribution < -0.4 is 24.8 Å². The first-order chi connectivity index (χ1) is 8.45. The van der Waals surface area contributed by atoms with Crippen molar-refractivity contribution < 1.29 is 51.6 Å². The summed E-state index contributed by atoms with van der Waals surface area (Å²) in [6.45, 7) is 10.6. The van der Waals surface area contributed by atoms with Crippen molar-refractivity contribution in [1.82, 2.24) is 0 Å². The molecule has 1 aromatic rings. The van der Waals surface area contributed by atoms with Crippen molar-refractivity contribution in [3.05, 3.63) is 57.7 Å². The molecule has 21 heavy (non-hydrogen) atoms. The molecule has 0 spiro atoms. The van der Waals surface area contributed by atoms with Crippen LogP contribution in [0.3, 0.4) is 0 Å². The molecule has 2 rings (SSSR count). The van der Waals surface area contributed by atoms with Crippen LogP contribution in [0, 0.1) is 0 Å². The zero-order chi connectivity index (χ0) is 13.4. The Kier molecular flexibility index (Phi) is 10.1. The van der Waals surface area contributed by atoms with Crippen molar-refractivity contribution in [2.75, 3.05) is 0 Å². The fraction of sp³-hybridized carbons (Fsp3) is 0.412. The van der Waals surface area contributed by atoms with Crippen LogP contribution in [0.1, 0.15) is 57.8 Å². The summed E-state index contributed by atoms with van der Waals surface area (Å²) >= 11 is 0. The summed E-state index contributed by atoms with van der Waals surface area (Å²) in [6.07, 6.45) is -0.414. The quantitative estimate of drug-likeness (QED) is 0.637. The van der Waals surface area contributed by atoms with Gasteiger partial charge in [0.2, 0.25) is 0 Å². The Morgan fingerprint density at radius 3 is 1.76 bits per heavy atom. The first-order valence-corrected chi connectivity index (χ1v) is 6.57. The molecule has 0 amide bonds. The summed E-state index contributed by atoms with van der Waals surface area (Å²) in [4.78, 5) is 0. The van der Waals surface area contributed by atoms with E-state index >= 15 is 0 Å². The number of aliphatic hydroxyl groups excluding tert-OH is 1. The summed E-state index contributed by atoms with van der Waals surface area (Å²) in [6, 6.07) is 8.23. The molecule has 1 aliphatic rings. The molecule has 1 aromatic carbocycles. The van der Waals surface area contributed by atoms with Crippen molar-refractivity contribution >= 4 is 0 Å². The Hall–Kier alpha value is -0.0457. The van der Waals surface area contributed by atoms with E-state index in [-0.39, 0.29) is 46.5 Å². The Morgan fingerprint density at radius 1 is 0.905 bits per heavy atom. The van der Waals surface area contributed by atoms with Crippen molar-refractivity contribution in [3.8, 4) is 0 Å². The van der Waals surface area contributed by atoms with Crippen LogP contribution in [0.25, 0.3) is 0 Å². The molecule has 0 aromatic heterocycles. The Balaban J connectivity index is 0. The van der Waals surface area contributed by atoms with Crippen LogP contribution >= 0.6 is 0 Å². The molecule has 0 heterocycles. The van der Waals surface area contributed by atoms with Gasteiger partial charge >= 0.3 is 21.7 Å². The minimum atomic E-state index is -0.414. The van der Waals surface area contributed by atoms with Gasteiger partial charge in [-0.15, -0.1) is 0 Å². The van der Waals surface area contributed by atoms with Crippen molar-refractivity contribution in [2.24, 2.45) is 0 Å². The minimum Gasteiger partial charge on any atom is -1.00 e. The van der Waals surface area contributed by atoms with Gasteiger partial charge in [0.15, 0.2) is 0 Å². The average molecular weight is 361 g/mol. The topological polar surface area (TPSA) is 20.2 Å². The van der Waals surface area contributed by atoms with E-state index in [0.717, 1.165) is 5.56 Å². The Bertz CT molecular complexity index is 523. The maximum atomic E-state index is 9.94. The molecular formula is C17H22Cl2OTi. The number of hydrogen-bond acceptors (Lipinski definition) is 1. The van der Waals surface area contributed by atoms with E-state index in [1.165, 1.54) is 27.9 Å². The van der Waals surface area contributed by atoms with Gasteiger partial charge in [-0.1, -0.05) is 35.4 Å².